The molecule has 2 rings (SSSR count). The lowest BCUT2D eigenvalue weighted by Crippen LogP contribution is -2.22. The molecule has 7 nitrogen and oxygen atoms in total. The summed E-state index contributed by atoms with van der Waals surface area (Å²) in [5.74, 6) is -1.98. The Morgan fingerprint density at radius 3 is 2.48 bits per heavy atom. The SMILES string of the molecule is O=C(COC(=O)CC1C=CS(=O)(=O)C1)Nc1ccc(OC(F)F)cc1. The zero-order valence-corrected chi connectivity index (χ0v) is 13.7. The molecule has 1 atom stereocenters. The Balaban J connectivity index is 1.73. The van der Waals surface area contributed by atoms with Gasteiger partial charge in [0.05, 0.1) is 12.2 Å². The number of carbonyl (C=O) groups excluding carboxylic acids is 2. The van der Waals surface area contributed by atoms with Crippen LogP contribution in [-0.2, 0) is 24.2 Å². The first kappa shape index (κ1) is 18.8. The summed E-state index contributed by atoms with van der Waals surface area (Å²) in [7, 11) is -3.25. The van der Waals surface area contributed by atoms with Gasteiger partial charge in [-0.15, -0.1) is 0 Å². The average Bonchev–Trinajstić information content (AvgIpc) is 2.85. The molecule has 136 valence electrons. The number of esters is 1. The van der Waals surface area contributed by atoms with Crippen LogP contribution >= 0.6 is 0 Å². The quantitative estimate of drug-likeness (QED) is 0.729. The molecule has 1 unspecified atom stereocenters. The lowest BCUT2D eigenvalue weighted by molar-refractivity contribution is -0.147. The highest BCUT2D eigenvalue weighted by Gasteiger charge is 2.24. The van der Waals surface area contributed by atoms with Crippen LogP contribution in [-0.4, -0.2) is 39.3 Å². The third-order valence-corrected chi connectivity index (χ3v) is 4.63. The van der Waals surface area contributed by atoms with E-state index in [1.54, 1.807) is 0 Å². The standard InChI is InChI=1S/C15H15F2NO6S/c16-15(17)24-12-3-1-11(2-4-12)18-13(19)8-23-14(20)7-10-5-6-25(21,22)9-10/h1-6,10,15H,7-9H2,(H,18,19). The highest BCUT2D eigenvalue weighted by Crippen LogP contribution is 2.19. The molecule has 1 aliphatic heterocycles. The van der Waals surface area contributed by atoms with Crippen LogP contribution < -0.4 is 10.1 Å². The van der Waals surface area contributed by atoms with E-state index >= 15 is 0 Å². The van der Waals surface area contributed by atoms with E-state index in [0.29, 0.717) is 5.69 Å². The van der Waals surface area contributed by atoms with E-state index in [9.17, 15) is 26.8 Å². The summed E-state index contributed by atoms with van der Waals surface area (Å²) in [5.41, 5.74) is 0.312. The molecule has 1 aliphatic rings. The van der Waals surface area contributed by atoms with Crippen LogP contribution in [0.15, 0.2) is 35.7 Å². The first-order chi connectivity index (χ1) is 11.7. The highest BCUT2D eigenvalue weighted by molar-refractivity contribution is 7.94. The second-order valence-electron chi connectivity index (χ2n) is 5.23. The van der Waals surface area contributed by atoms with Gasteiger partial charge in [0.15, 0.2) is 16.4 Å². The zero-order valence-electron chi connectivity index (χ0n) is 12.9. The van der Waals surface area contributed by atoms with Crippen molar-refractivity contribution in [3.8, 4) is 5.75 Å². The molecular weight excluding hydrogens is 360 g/mol. The van der Waals surface area contributed by atoms with Gasteiger partial charge in [0.1, 0.15) is 5.75 Å². The van der Waals surface area contributed by atoms with Crippen molar-refractivity contribution in [1.82, 2.24) is 0 Å². The van der Waals surface area contributed by atoms with Gasteiger partial charge in [-0.05, 0) is 24.3 Å². The van der Waals surface area contributed by atoms with E-state index in [-0.39, 0.29) is 17.9 Å². The molecule has 1 heterocycles. The maximum atomic E-state index is 12.0. The van der Waals surface area contributed by atoms with Gasteiger partial charge in [0.25, 0.3) is 5.91 Å². The number of carbonyl (C=O) groups is 2. The number of anilines is 1. The minimum Gasteiger partial charge on any atom is -0.456 e. The number of alkyl halides is 2. The van der Waals surface area contributed by atoms with E-state index in [1.165, 1.54) is 30.3 Å². The number of nitrogens with one attached hydrogen (secondary N) is 1. The van der Waals surface area contributed by atoms with E-state index < -0.39 is 40.9 Å². The number of allylic oxidation sites excluding steroid dienone is 1. The first-order valence-electron chi connectivity index (χ1n) is 7.15. The van der Waals surface area contributed by atoms with Crippen LogP contribution in [0.1, 0.15) is 6.42 Å². The van der Waals surface area contributed by atoms with E-state index in [2.05, 4.69) is 10.1 Å². The van der Waals surface area contributed by atoms with Gasteiger partial charge in [0, 0.05) is 17.0 Å². The summed E-state index contributed by atoms with van der Waals surface area (Å²) in [5, 5.41) is 3.47. The van der Waals surface area contributed by atoms with Gasteiger partial charge in [-0.2, -0.15) is 8.78 Å². The summed E-state index contributed by atoms with van der Waals surface area (Å²) in [6.07, 6.45) is 1.28. The Bertz CT molecular complexity index is 761. The predicted octanol–water partition coefficient (Wildman–Crippen LogP) is 1.72. The van der Waals surface area contributed by atoms with Crippen LogP contribution in [0, 0.1) is 5.92 Å². The van der Waals surface area contributed by atoms with Crippen molar-refractivity contribution in [2.24, 2.45) is 5.92 Å². The monoisotopic (exact) mass is 375 g/mol. The molecule has 1 N–H and O–H groups in total. The van der Waals surface area contributed by atoms with Crippen molar-refractivity contribution < 1.29 is 36.3 Å². The smallest absolute Gasteiger partial charge is 0.387 e. The van der Waals surface area contributed by atoms with E-state index in [0.717, 1.165) is 5.41 Å². The lowest BCUT2D eigenvalue weighted by atomic mass is 10.1. The highest BCUT2D eigenvalue weighted by atomic mass is 32.2. The van der Waals surface area contributed by atoms with Crippen molar-refractivity contribution in [3.63, 3.8) is 0 Å². The summed E-state index contributed by atoms with van der Waals surface area (Å²) in [6, 6.07) is 5.21. The molecule has 0 spiro atoms. The van der Waals surface area contributed by atoms with Crippen molar-refractivity contribution in [2.75, 3.05) is 17.7 Å². The Kier molecular flexibility index (Phi) is 6.07. The average molecular weight is 375 g/mol. The third-order valence-electron chi connectivity index (χ3n) is 3.16. The van der Waals surface area contributed by atoms with Crippen molar-refractivity contribution in [2.45, 2.75) is 13.0 Å². The second kappa shape index (κ2) is 8.06. The molecule has 0 aliphatic carbocycles. The predicted molar refractivity (Wildman–Crippen MR) is 83.7 cm³/mol. The zero-order chi connectivity index (χ0) is 18.4. The number of hydrogen-bond donors (Lipinski definition) is 1. The van der Waals surface area contributed by atoms with Crippen molar-refractivity contribution >= 4 is 27.4 Å². The Hall–Kier alpha value is -2.49. The van der Waals surface area contributed by atoms with Crippen LogP contribution in [0.5, 0.6) is 5.75 Å². The Labute approximate surface area is 142 Å². The summed E-state index contributed by atoms with van der Waals surface area (Å²) >= 11 is 0. The van der Waals surface area contributed by atoms with Gasteiger partial charge in [0.2, 0.25) is 0 Å². The number of hydrogen-bond acceptors (Lipinski definition) is 6. The fraction of sp³-hybridized carbons (Fsp3) is 0.333. The van der Waals surface area contributed by atoms with E-state index in [1.807, 2.05) is 0 Å². The number of sulfone groups is 1. The first-order valence-corrected chi connectivity index (χ1v) is 8.86. The van der Waals surface area contributed by atoms with Gasteiger partial charge in [-0.1, -0.05) is 6.08 Å². The molecule has 0 saturated carbocycles. The maximum Gasteiger partial charge on any atom is 0.387 e. The van der Waals surface area contributed by atoms with Crippen LogP contribution in [0.4, 0.5) is 14.5 Å². The fourth-order valence-electron chi connectivity index (χ4n) is 2.10. The number of amides is 1. The molecule has 1 aromatic rings. The number of benzene rings is 1. The Morgan fingerprint density at radius 1 is 1.24 bits per heavy atom. The normalized spacial score (nSPS) is 18.1. The largest absolute Gasteiger partial charge is 0.456 e. The molecule has 0 radical (unpaired) electrons. The fourth-order valence-corrected chi connectivity index (χ4v) is 3.50. The molecule has 0 aromatic heterocycles. The molecular formula is C15H15F2NO6S. The number of halogens is 2. The van der Waals surface area contributed by atoms with Crippen LogP contribution in [0.25, 0.3) is 0 Å². The van der Waals surface area contributed by atoms with Crippen molar-refractivity contribution in [3.05, 3.63) is 35.7 Å². The Morgan fingerprint density at radius 2 is 1.92 bits per heavy atom. The maximum absolute atomic E-state index is 12.0. The molecule has 1 aromatic carbocycles. The minimum absolute atomic E-state index is 0.0565. The second-order valence-corrected chi connectivity index (χ2v) is 7.17. The van der Waals surface area contributed by atoms with Gasteiger partial charge < -0.3 is 14.8 Å². The summed E-state index contributed by atoms with van der Waals surface area (Å²) in [4.78, 5) is 23.3. The lowest BCUT2D eigenvalue weighted by Gasteiger charge is -2.09. The third kappa shape index (κ3) is 6.49. The molecule has 0 fully saturated rings. The topological polar surface area (TPSA) is 98.8 Å². The molecule has 10 heteroatoms. The molecule has 0 bridgehead atoms. The molecule has 1 amide bonds. The number of ether oxygens (including phenoxy) is 2. The van der Waals surface area contributed by atoms with Gasteiger partial charge >= 0.3 is 12.6 Å². The van der Waals surface area contributed by atoms with Gasteiger partial charge in [-0.25, -0.2) is 8.42 Å². The number of rotatable bonds is 7. The van der Waals surface area contributed by atoms with Crippen LogP contribution in [0.3, 0.4) is 0 Å². The van der Waals surface area contributed by atoms with Crippen LogP contribution in [0.2, 0.25) is 0 Å². The molecule has 25 heavy (non-hydrogen) atoms. The summed E-state index contributed by atoms with van der Waals surface area (Å²) < 4.78 is 55.4. The molecule has 0 saturated heterocycles. The summed E-state index contributed by atoms with van der Waals surface area (Å²) in [6.45, 7) is -3.48. The minimum atomic E-state index is -3.25. The van der Waals surface area contributed by atoms with Gasteiger partial charge in [-0.3, -0.25) is 9.59 Å². The van der Waals surface area contributed by atoms with E-state index in [4.69, 9.17) is 4.74 Å². The van der Waals surface area contributed by atoms with Crippen molar-refractivity contribution in [1.29, 1.82) is 0 Å².